The van der Waals surface area contributed by atoms with Gasteiger partial charge < -0.3 is 10.0 Å². The van der Waals surface area contributed by atoms with Crippen LogP contribution in [0, 0.1) is 0 Å². The molecule has 2 aliphatic rings. The predicted molar refractivity (Wildman–Crippen MR) is 79.7 cm³/mol. The first-order chi connectivity index (χ1) is 9.68. The van der Waals surface area contributed by atoms with Crippen molar-refractivity contribution in [3.63, 3.8) is 0 Å². The average molecular weight is 277 g/mol. The van der Waals surface area contributed by atoms with Gasteiger partial charge in [-0.2, -0.15) is 5.10 Å². The molecule has 1 aromatic heterocycles. The summed E-state index contributed by atoms with van der Waals surface area (Å²) in [5.41, 5.74) is 0.518. The van der Waals surface area contributed by atoms with E-state index >= 15 is 0 Å². The Labute approximate surface area is 121 Å². The van der Waals surface area contributed by atoms with E-state index in [1.807, 2.05) is 0 Å². The monoisotopic (exact) mass is 277 g/mol. The number of piperidine rings is 1. The lowest BCUT2D eigenvalue weighted by Crippen LogP contribution is -2.45. The molecule has 1 aliphatic heterocycles. The van der Waals surface area contributed by atoms with E-state index in [1.165, 1.54) is 25.7 Å². The topological polar surface area (TPSA) is 41.3 Å². The molecule has 112 valence electrons. The first-order valence-corrected chi connectivity index (χ1v) is 8.17. The Morgan fingerprint density at radius 2 is 2.00 bits per heavy atom. The number of hydrogen-bond acceptors (Lipinski definition) is 3. The molecule has 0 unspecified atom stereocenters. The Morgan fingerprint density at radius 1 is 1.30 bits per heavy atom. The minimum Gasteiger partial charge on any atom is -0.389 e. The van der Waals surface area contributed by atoms with Crippen LogP contribution >= 0.6 is 0 Å². The predicted octanol–water partition coefficient (Wildman–Crippen LogP) is 2.39. The smallest absolute Gasteiger partial charge is 0.0728 e. The van der Waals surface area contributed by atoms with Gasteiger partial charge >= 0.3 is 0 Å². The Hall–Kier alpha value is -0.870. The zero-order valence-corrected chi connectivity index (χ0v) is 12.6. The molecule has 0 atom stereocenters. The Morgan fingerprint density at radius 3 is 2.65 bits per heavy atom. The maximum Gasteiger partial charge on any atom is 0.0728 e. The van der Waals surface area contributed by atoms with Crippen LogP contribution in [0.2, 0.25) is 0 Å². The van der Waals surface area contributed by atoms with Gasteiger partial charge in [-0.1, -0.05) is 19.8 Å². The SMILES string of the molecule is CCN1CCC(O)(Cc2ccn(C3CCCC3)n2)CC1. The third-order valence-electron chi connectivity index (χ3n) is 5.11. The quantitative estimate of drug-likeness (QED) is 0.919. The largest absolute Gasteiger partial charge is 0.389 e. The zero-order chi connectivity index (χ0) is 14.0. The van der Waals surface area contributed by atoms with Gasteiger partial charge in [0.1, 0.15) is 0 Å². The molecule has 1 N–H and O–H groups in total. The van der Waals surface area contributed by atoms with Crippen molar-refractivity contribution in [2.45, 2.75) is 63.5 Å². The molecule has 0 bridgehead atoms. The molecule has 20 heavy (non-hydrogen) atoms. The minimum absolute atomic E-state index is 0.541. The van der Waals surface area contributed by atoms with Crippen molar-refractivity contribution in [3.8, 4) is 0 Å². The van der Waals surface area contributed by atoms with Crippen LogP contribution < -0.4 is 0 Å². The molecule has 0 aromatic carbocycles. The third-order valence-corrected chi connectivity index (χ3v) is 5.11. The first kappa shape index (κ1) is 14.1. The normalized spacial score (nSPS) is 24.3. The van der Waals surface area contributed by atoms with E-state index in [1.54, 1.807) is 0 Å². The molecule has 1 aliphatic carbocycles. The van der Waals surface area contributed by atoms with E-state index < -0.39 is 5.60 Å². The van der Waals surface area contributed by atoms with Gasteiger partial charge in [0.05, 0.1) is 17.3 Å². The van der Waals surface area contributed by atoms with Crippen LogP contribution in [-0.4, -0.2) is 45.0 Å². The van der Waals surface area contributed by atoms with Gasteiger partial charge in [0.15, 0.2) is 0 Å². The lowest BCUT2D eigenvalue weighted by atomic mass is 9.87. The summed E-state index contributed by atoms with van der Waals surface area (Å²) in [7, 11) is 0. The number of hydrogen-bond donors (Lipinski definition) is 1. The summed E-state index contributed by atoms with van der Waals surface area (Å²) in [6.45, 7) is 5.30. The molecule has 0 radical (unpaired) electrons. The number of rotatable bonds is 4. The molecule has 0 amide bonds. The molecule has 0 spiro atoms. The highest BCUT2D eigenvalue weighted by atomic mass is 16.3. The molecule has 1 saturated heterocycles. The van der Waals surface area contributed by atoms with E-state index in [2.05, 4.69) is 28.8 Å². The third kappa shape index (κ3) is 3.07. The number of aliphatic hydroxyl groups is 1. The fraction of sp³-hybridized carbons (Fsp3) is 0.812. The van der Waals surface area contributed by atoms with E-state index in [9.17, 15) is 5.11 Å². The summed E-state index contributed by atoms with van der Waals surface area (Å²) in [6.07, 6.45) is 9.75. The highest BCUT2D eigenvalue weighted by molar-refractivity contribution is 5.06. The van der Waals surface area contributed by atoms with Crippen LogP contribution in [0.4, 0.5) is 0 Å². The lowest BCUT2D eigenvalue weighted by Gasteiger charge is -2.37. The molecule has 4 nitrogen and oxygen atoms in total. The van der Waals surface area contributed by atoms with E-state index in [4.69, 9.17) is 5.10 Å². The van der Waals surface area contributed by atoms with Crippen molar-refractivity contribution in [1.29, 1.82) is 0 Å². The van der Waals surface area contributed by atoms with Crippen molar-refractivity contribution < 1.29 is 5.11 Å². The molecule has 1 saturated carbocycles. The maximum atomic E-state index is 10.7. The van der Waals surface area contributed by atoms with Gasteiger partial charge in [0.2, 0.25) is 0 Å². The Kier molecular flexibility index (Phi) is 4.13. The number of nitrogens with zero attached hydrogens (tertiary/aromatic N) is 3. The minimum atomic E-state index is -0.541. The average Bonchev–Trinajstić information content (AvgIpc) is 3.10. The fourth-order valence-electron chi connectivity index (χ4n) is 3.64. The maximum absolute atomic E-state index is 10.7. The Balaban J connectivity index is 1.60. The zero-order valence-electron chi connectivity index (χ0n) is 12.6. The summed E-state index contributed by atoms with van der Waals surface area (Å²) in [5.74, 6) is 0. The summed E-state index contributed by atoms with van der Waals surface area (Å²) in [4.78, 5) is 2.41. The van der Waals surface area contributed by atoms with Crippen LogP contribution in [0.5, 0.6) is 0 Å². The van der Waals surface area contributed by atoms with Crippen LogP contribution in [0.3, 0.4) is 0 Å². The summed E-state index contributed by atoms with van der Waals surface area (Å²) < 4.78 is 2.13. The van der Waals surface area contributed by atoms with Gasteiger partial charge in [-0.3, -0.25) is 4.68 Å². The molecule has 4 heteroatoms. The van der Waals surface area contributed by atoms with E-state index in [-0.39, 0.29) is 0 Å². The highest BCUT2D eigenvalue weighted by Crippen LogP contribution is 2.30. The van der Waals surface area contributed by atoms with Gasteiger partial charge in [-0.15, -0.1) is 0 Å². The second kappa shape index (κ2) is 5.86. The van der Waals surface area contributed by atoms with Crippen LogP contribution in [-0.2, 0) is 6.42 Å². The van der Waals surface area contributed by atoms with Gasteiger partial charge in [-0.25, -0.2) is 0 Å². The van der Waals surface area contributed by atoms with Crippen molar-refractivity contribution in [2.24, 2.45) is 0 Å². The molecular formula is C16H27N3O. The fourth-order valence-corrected chi connectivity index (χ4v) is 3.64. The first-order valence-electron chi connectivity index (χ1n) is 8.17. The Bertz CT molecular complexity index is 429. The second-order valence-electron chi connectivity index (χ2n) is 6.56. The molecule has 2 fully saturated rings. The molecular weight excluding hydrogens is 250 g/mol. The second-order valence-corrected chi connectivity index (χ2v) is 6.56. The summed E-state index contributed by atoms with van der Waals surface area (Å²) in [6, 6.07) is 2.70. The van der Waals surface area contributed by atoms with Gasteiger partial charge in [-0.05, 0) is 38.3 Å². The van der Waals surface area contributed by atoms with Crippen LogP contribution in [0.25, 0.3) is 0 Å². The van der Waals surface area contributed by atoms with Crippen molar-refractivity contribution >= 4 is 0 Å². The van der Waals surface area contributed by atoms with Crippen LogP contribution in [0.1, 0.15) is 57.2 Å². The van der Waals surface area contributed by atoms with Gasteiger partial charge in [0.25, 0.3) is 0 Å². The lowest BCUT2D eigenvalue weighted by molar-refractivity contribution is -0.0202. The van der Waals surface area contributed by atoms with E-state index in [0.29, 0.717) is 12.5 Å². The number of likely N-dealkylation sites (tertiary alicyclic amines) is 1. The molecule has 1 aromatic rings. The van der Waals surface area contributed by atoms with Crippen molar-refractivity contribution in [3.05, 3.63) is 18.0 Å². The molecule has 2 heterocycles. The van der Waals surface area contributed by atoms with E-state index in [0.717, 1.165) is 38.2 Å². The van der Waals surface area contributed by atoms with Gasteiger partial charge in [0, 0.05) is 25.7 Å². The summed E-state index contributed by atoms with van der Waals surface area (Å²) in [5, 5.41) is 15.5. The summed E-state index contributed by atoms with van der Waals surface area (Å²) >= 11 is 0. The highest BCUT2D eigenvalue weighted by Gasteiger charge is 2.32. The number of aromatic nitrogens is 2. The van der Waals surface area contributed by atoms with Crippen LogP contribution in [0.15, 0.2) is 12.3 Å². The standard InChI is InChI=1S/C16H27N3O/c1-2-18-11-8-16(20,9-12-18)13-14-7-10-19(17-14)15-5-3-4-6-15/h7,10,15,20H,2-6,8-9,11-13H2,1H3. The van der Waals surface area contributed by atoms with Crippen molar-refractivity contribution in [2.75, 3.05) is 19.6 Å². The van der Waals surface area contributed by atoms with Crippen molar-refractivity contribution in [1.82, 2.24) is 14.7 Å². The molecule has 3 rings (SSSR count).